The van der Waals surface area contributed by atoms with Crippen molar-refractivity contribution in [2.75, 3.05) is 13.0 Å². The van der Waals surface area contributed by atoms with Crippen molar-refractivity contribution in [1.29, 1.82) is 0 Å². The summed E-state index contributed by atoms with van der Waals surface area (Å²) in [6.45, 7) is -2.60. The smallest absolute Gasteiger partial charge is 0.448 e. The summed E-state index contributed by atoms with van der Waals surface area (Å²) in [6.07, 6.45) is -0.823. The molecule has 0 rings (SSSR count). The molecule has 0 radical (unpaired) electrons. The highest BCUT2D eigenvalue weighted by Gasteiger charge is 2.20. The van der Waals surface area contributed by atoms with Gasteiger partial charge in [0.1, 0.15) is 0 Å². The van der Waals surface area contributed by atoms with Crippen molar-refractivity contribution < 1.29 is 12.9 Å². The topological polar surface area (TPSA) is 12.0 Å². The monoisotopic (exact) mass is 126 g/mol. The Labute approximate surface area is 46.3 Å². The van der Waals surface area contributed by atoms with Crippen LogP contribution in [0, 0.1) is 0 Å². The van der Waals surface area contributed by atoms with Gasteiger partial charge in [0.05, 0.1) is 0 Å². The van der Waals surface area contributed by atoms with Gasteiger partial charge < -0.3 is 18.3 Å². The van der Waals surface area contributed by atoms with Gasteiger partial charge in [0, 0.05) is 0 Å². The van der Waals surface area contributed by atoms with Crippen molar-refractivity contribution in [2.24, 2.45) is 0 Å². The third kappa shape index (κ3) is 5.81. The molecule has 0 aliphatic heterocycles. The number of rotatable bonds is 3. The minimum atomic E-state index is -4.61. The number of halogens is 3. The second kappa shape index (κ2) is 2.97. The van der Waals surface area contributed by atoms with E-state index in [1.807, 2.05) is 0 Å². The van der Waals surface area contributed by atoms with Crippen molar-refractivity contribution in [3.8, 4) is 0 Å². The van der Waals surface area contributed by atoms with Crippen LogP contribution in [0.5, 0.6) is 0 Å². The molecule has 5 heteroatoms. The normalized spacial score (nSPS) is 12.0. The molecule has 0 unspecified atom stereocenters. The van der Waals surface area contributed by atoms with Crippen LogP contribution in [-0.2, 0) is 0 Å². The molecule has 0 amide bonds. The summed E-state index contributed by atoms with van der Waals surface area (Å²) < 4.78 is 33.7. The lowest BCUT2D eigenvalue weighted by atomic mass is 9.93. The van der Waals surface area contributed by atoms with Crippen LogP contribution in [-0.4, -0.2) is 20.0 Å². The van der Waals surface area contributed by atoms with Crippen LogP contribution >= 0.6 is 0 Å². The fourth-order valence-corrected chi connectivity index (χ4v) is 0.308. The number of hydrogen-bond donors (Lipinski definition) is 1. The molecule has 0 aromatic carbocycles. The summed E-state index contributed by atoms with van der Waals surface area (Å²) in [5, 5.41) is 2.19. The standard InChI is InChI=1S/C3H8BF3N/c1-2-8-3-4(5,6)7/h8H,2-3H2,1H3/q-1. The molecular formula is C3H8BF3N-. The predicted octanol–water partition coefficient (Wildman–Crippen LogP) is 0.983. The van der Waals surface area contributed by atoms with Crippen LogP contribution in [0.4, 0.5) is 12.9 Å². The minimum Gasteiger partial charge on any atom is -0.448 e. The second-order valence-electron chi connectivity index (χ2n) is 1.52. The zero-order chi connectivity index (χ0) is 6.62. The van der Waals surface area contributed by atoms with Gasteiger partial charge in [-0.05, 0) is 13.0 Å². The third-order valence-electron chi connectivity index (χ3n) is 0.626. The maximum Gasteiger partial charge on any atom is 0.491 e. The van der Waals surface area contributed by atoms with Gasteiger partial charge in [-0.25, -0.2) is 0 Å². The van der Waals surface area contributed by atoms with E-state index in [2.05, 4.69) is 5.32 Å². The molecular weight excluding hydrogens is 118 g/mol. The van der Waals surface area contributed by atoms with E-state index in [-0.39, 0.29) is 0 Å². The third-order valence-corrected chi connectivity index (χ3v) is 0.626. The zero-order valence-electron chi connectivity index (χ0n) is 4.63. The molecule has 0 aliphatic carbocycles. The van der Waals surface area contributed by atoms with Crippen molar-refractivity contribution in [3.05, 3.63) is 0 Å². The van der Waals surface area contributed by atoms with Crippen molar-refractivity contribution in [2.45, 2.75) is 6.92 Å². The average Bonchev–Trinajstić information content (AvgIpc) is 1.59. The summed E-state index contributed by atoms with van der Waals surface area (Å²) >= 11 is 0. The van der Waals surface area contributed by atoms with Gasteiger partial charge in [-0.2, -0.15) is 0 Å². The second-order valence-corrected chi connectivity index (χ2v) is 1.52. The Kier molecular flexibility index (Phi) is 2.90. The molecule has 0 aromatic rings. The zero-order valence-corrected chi connectivity index (χ0v) is 4.63. The fraction of sp³-hybridized carbons (Fsp3) is 1.00. The summed E-state index contributed by atoms with van der Waals surface area (Å²) in [4.78, 5) is 0. The van der Waals surface area contributed by atoms with Crippen LogP contribution in [0.2, 0.25) is 0 Å². The van der Waals surface area contributed by atoms with Gasteiger partial charge >= 0.3 is 6.98 Å². The highest BCUT2D eigenvalue weighted by atomic mass is 19.4. The van der Waals surface area contributed by atoms with E-state index in [4.69, 9.17) is 0 Å². The van der Waals surface area contributed by atoms with E-state index in [9.17, 15) is 12.9 Å². The van der Waals surface area contributed by atoms with E-state index < -0.39 is 13.4 Å². The van der Waals surface area contributed by atoms with Crippen LogP contribution in [0.3, 0.4) is 0 Å². The lowest BCUT2D eigenvalue weighted by molar-refractivity contribution is 0.458. The lowest BCUT2D eigenvalue weighted by Gasteiger charge is -2.12. The maximum atomic E-state index is 11.2. The van der Waals surface area contributed by atoms with Gasteiger partial charge in [0.15, 0.2) is 0 Å². The van der Waals surface area contributed by atoms with Crippen LogP contribution < -0.4 is 5.32 Å². The molecule has 1 N–H and O–H groups in total. The molecule has 1 nitrogen and oxygen atoms in total. The number of nitrogens with one attached hydrogen (secondary N) is 1. The van der Waals surface area contributed by atoms with Gasteiger partial charge in [-0.1, -0.05) is 6.92 Å². The van der Waals surface area contributed by atoms with E-state index in [0.29, 0.717) is 6.54 Å². The maximum absolute atomic E-state index is 11.2. The lowest BCUT2D eigenvalue weighted by Crippen LogP contribution is -2.33. The predicted molar refractivity (Wildman–Crippen MR) is 27.6 cm³/mol. The Bertz CT molecular complexity index is 62.0. The molecule has 0 fully saturated rings. The molecule has 8 heavy (non-hydrogen) atoms. The molecule has 0 heterocycles. The van der Waals surface area contributed by atoms with Crippen LogP contribution in [0.1, 0.15) is 6.92 Å². The molecule has 0 saturated carbocycles. The first kappa shape index (κ1) is 7.81. The molecule has 0 spiro atoms. The molecule has 0 aromatic heterocycles. The molecule has 0 bridgehead atoms. The Morgan fingerprint density at radius 3 is 2.00 bits per heavy atom. The van der Waals surface area contributed by atoms with Gasteiger partial charge in [-0.15, -0.1) is 0 Å². The fourth-order valence-electron chi connectivity index (χ4n) is 0.308. The highest BCUT2D eigenvalue weighted by Crippen LogP contribution is 2.04. The molecule has 0 aliphatic rings. The molecule has 0 atom stereocenters. The summed E-state index contributed by atoms with van der Waals surface area (Å²) in [5.74, 6) is 0. The van der Waals surface area contributed by atoms with E-state index in [1.54, 1.807) is 6.92 Å². The first-order valence-corrected chi connectivity index (χ1v) is 2.48. The number of hydrogen-bond acceptors (Lipinski definition) is 1. The SMILES string of the molecule is CCNC[B-](F)(F)F. The average molecular weight is 126 g/mol. The van der Waals surface area contributed by atoms with Crippen LogP contribution in [0.25, 0.3) is 0 Å². The van der Waals surface area contributed by atoms with E-state index in [0.717, 1.165) is 0 Å². The van der Waals surface area contributed by atoms with Crippen molar-refractivity contribution in [3.63, 3.8) is 0 Å². The van der Waals surface area contributed by atoms with E-state index in [1.165, 1.54) is 0 Å². The largest absolute Gasteiger partial charge is 0.491 e. The van der Waals surface area contributed by atoms with Gasteiger partial charge in [0.2, 0.25) is 0 Å². The van der Waals surface area contributed by atoms with Crippen molar-refractivity contribution >= 4 is 6.98 Å². The highest BCUT2D eigenvalue weighted by molar-refractivity contribution is 6.58. The Balaban J connectivity index is 3.11. The van der Waals surface area contributed by atoms with Crippen LogP contribution in [0.15, 0.2) is 0 Å². The quantitative estimate of drug-likeness (QED) is 0.555. The van der Waals surface area contributed by atoms with Crippen molar-refractivity contribution in [1.82, 2.24) is 5.32 Å². The van der Waals surface area contributed by atoms with E-state index >= 15 is 0 Å². The summed E-state index contributed by atoms with van der Waals surface area (Å²) in [6, 6.07) is 0. The van der Waals surface area contributed by atoms with Gasteiger partial charge in [-0.3, -0.25) is 0 Å². The van der Waals surface area contributed by atoms with Gasteiger partial charge in [0.25, 0.3) is 0 Å². The Morgan fingerprint density at radius 2 is 1.88 bits per heavy atom. The first-order chi connectivity index (χ1) is 3.56. The molecule has 50 valence electrons. The Morgan fingerprint density at radius 1 is 1.38 bits per heavy atom. The summed E-state index contributed by atoms with van der Waals surface area (Å²) in [5.41, 5.74) is 0. The summed E-state index contributed by atoms with van der Waals surface area (Å²) in [7, 11) is 0. The molecule has 0 saturated heterocycles. The first-order valence-electron chi connectivity index (χ1n) is 2.48. The minimum absolute atomic E-state index is 0.376. The Hall–Kier alpha value is -0.185.